The summed E-state index contributed by atoms with van der Waals surface area (Å²) in [7, 11) is 0. The molecule has 0 saturated carbocycles. The van der Waals surface area contributed by atoms with Crippen molar-refractivity contribution in [3.05, 3.63) is 36.2 Å². The molecule has 0 fully saturated rings. The highest BCUT2D eigenvalue weighted by Crippen LogP contribution is 2.33. The molecule has 1 aliphatic heterocycles. The average Bonchev–Trinajstić information content (AvgIpc) is 2.91. The first kappa shape index (κ1) is 12.0. The molecule has 0 spiro atoms. The number of imidazole rings is 1. The number of amides is 1. The number of H-pyrrole nitrogens is 1. The maximum Gasteiger partial charge on any atom is 0.224 e. The number of nitrogens with one attached hydrogen (secondary N) is 1. The predicted molar refractivity (Wildman–Crippen MR) is 75.0 cm³/mol. The van der Waals surface area contributed by atoms with Gasteiger partial charge in [0.1, 0.15) is 5.82 Å². The van der Waals surface area contributed by atoms with Gasteiger partial charge in [-0.1, -0.05) is 0 Å². The van der Waals surface area contributed by atoms with E-state index in [0.717, 1.165) is 29.9 Å². The molecule has 4 heteroatoms. The van der Waals surface area contributed by atoms with Crippen molar-refractivity contribution in [2.75, 3.05) is 4.90 Å². The molecule has 0 bridgehead atoms. The van der Waals surface area contributed by atoms with Crippen molar-refractivity contribution >= 4 is 11.6 Å². The monoisotopic (exact) mass is 255 g/mol. The fraction of sp³-hybridized carbons (Fsp3) is 0.333. The van der Waals surface area contributed by atoms with Gasteiger partial charge in [-0.15, -0.1) is 0 Å². The molecule has 1 aromatic carbocycles. The number of aromatic nitrogens is 2. The van der Waals surface area contributed by atoms with Gasteiger partial charge < -0.3 is 9.88 Å². The Morgan fingerprint density at radius 1 is 1.47 bits per heavy atom. The van der Waals surface area contributed by atoms with Gasteiger partial charge in [0.2, 0.25) is 5.91 Å². The van der Waals surface area contributed by atoms with Crippen molar-refractivity contribution in [1.29, 1.82) is 0 Å². The number of hydrogen-bond donors (Lipinski definition) is 1. The van der Waals surface area contributed by atoms with Crippen molar-refractivity contribution < 1.29 is 4.79 Å². The molecule has 19 heavy (non-hydrogen) atoms. The van der Waals surface area contributed by atoms with Crippen molar-refractivity contribution in [3.63, 3.8) is 0 Å². The van der Waals surface area contributed by atoms with Crippen LogP contribution in [0, 0.1) is 0 Å². The predicted octanol–water partition coefficient (Wildman–Crippen LogP) is 2.76. The lowest BCUT2D eigenvalue weighted by Gasteiger charge is -2.34. The first-order valence-corrected chi connectivity index (χ1v) is 6.59. The lowest BCUT2D eigenvalue weighted by Crippen LogP contribution is -2.40. The van der Waals surface area contributed by atoms with Gasteiger partial charge in [0.25, 0.3) is 0 Å². The van der Waals surface area contributed by atoms with Crippen molar-refractivity contribution in [2.24, 2.45) is 0 Å². The molecule has 0 aliphatic carbocycles. The molecule has 98 valence electrons. The zero-order valence-corrected chi connectivity index (χ0v) is 11.2. The Morgan fingerprint density at radius 3 is 3.00 bits per heavy atom. The first-order chi connectivity index (χ1) is 9.16. The number of benzene rings is 1. The largest absolute Gasteiger partial charge is 0.345 e. The Morgan fingerprint density at radius 2 is 2.32 bits per heavy atom. The van der Waals surface area contributed by atoms with Crippen LogP contribution in [0.25, 0.3) is 11.4 Å². The van der Waals surface area contributed by atoms with E-state index in [4.69, 9.17) is 0 Å². The van der Waals surface area contributed by atoms with Crippen LogP contribution in [0.3, 0.4) is 0 Å². The SMILES string of the molecule is CC(=O)N1c2ccc(-c3ncc[nH]3)cc2CC[C@@H]1C. The third-order valence-electron chi connectivity index (χ3n) is 3.72. The Balaban J connectivity index is 2.05. The lowest BCUT2D eigenvalue weighted by atomic mass is 9.95. The van der Waals surface area contributed by atoms with E-state index in [-0.39, 0.29) is 11.9 Å². The molecule has 1 aromatic heterocycles. The van der Waals surface area contributed by atoms with Gasteiger partial charge >= 0.3 is 0 Å². The number of rotatable bonds is 1. The van der Waals surface area contributed by atoms with Crippen LogP contribution in [0.2, 0.25) is 0 Å². The minimum atomic E-state index is 0.110. The summed E-state index contributed by atoms with van der Waals surface area (Å²) in [5, 5.41) is 0. The van der Waals surface area contributed by atoms with E-state index in [2.05, 4.69) is 23.0 Å². The number of carbonyl (C=O) groups excluding carboxylic acids is 1. The standard InChI is InChI=1S/C15H17N3O/c1-10-3-4-12-9-13(15-16-7-8-17-15)5-6-14(12)18(10)11(2)19/h5-10H,3-4H2,1-2H3,(H,16,17)/t10-/m0/s1. The number of anilines is 1. The molecule has 1 aliphatic rings. The van der Waals surface area contributed by atoms with Crippen molar-refractivity contribution in [2.45, 2.75) is 32.7 Å². The van der Waals surface area contributed by atoms with E-state index in [1.807, 2.05) is 23.2 Å². The summed E-state index contributed by atoms with van der Waals surface area (Å²) in [5.41, 5.74) is 3.34. The third kappa shape index (κ3) is 2.03. The second kappa shape index (κ2) is 4.53. The minimum absolute atomic E-state index is 0.110. The second-order valence-electron chi connectivity index (χ2n) is 5.06. The molecular formula is C15H17N3O. The van der Waals surface area contributed by atoms with Gasteiger partial charge in [0, 0.05) is 36.6 Å². The summed E-state index contributed by atoms with van der Waals surface area (Å²) in [6, 6.07) is 6.46. The number of aromatic amines is 1. The normalized spacial score (nSPS) is 18.2. The fourth-order valence-electron chi connectivity index (χ4n) is 2.80. The highest BCUT2D eigenvalue weighted by atomic mass is 16.2. The van der Waals surface area contributed by atoms with E-state index >= 15 is 0 Å². The van der Waals surface area contributed by atoms with Gasteiger partial charge in [-0.25, -0.2) is 4.98 Å². The Kier molecular flexibility index (Phi) is 2.85. The second-order valence-corrected chi connectivity index (χ2v) is 5.06. The number of aryl methyl sites for hydroxylation is 1. The highest BCUT2D eigenvalue weighted by Gasteiger charge is 2.26. The van der Waals surface area contributed by atoms with Crippen LogP contribution in [0.1, 0.15) is 25.8 Å². The van der Waals surface area contributed by atoms with E-state index in [0.29, 0.717) is 0 Å². The molecule has 0 saturated heterocycles. The summed E-state index contributed by atoms with van der Waals surface area (Å²) in [5.74, 6) is 0.981. The Bertz CT molecular complexity index is 604. The average molecular weight is 255 g/mol. The van der Waals surface area contributed by atoms with Gasteiger partial charge in [0.15, 0.2) is 0 Å². The highest BCUT2D eigenvalue weighted by molar-refractivity contribution is 5.93. The maximum absolute atomic E-state index is 11.8. The van der Waals surface area contributed by atoms with Crippen molar-refractivity contribution in [1.82, 2.24) is 9.97 Å². The molecule has 1 atom stereocenters. The van der Waals surface area contributed by atoms with Crippen LogP contribution < -0.4 is 4.90 Å². The third-order valence-corrected chi connectivity index (χ3v) is 3.72. The summed E-state index contributed by atoms with van der Waals surface area (Å²) in [6.07, 6.45) is 5.58. The van der Waals surface area contributed by atoms with Crippen LogP contribution in [-0.4, -0.2) is 21.9 Å². The van der Waals surface area contributed by atoms with Crippen LogP contribution in [-0.2, 0) is 11.2 Å². The molecule has 0 radical (unpaired) electrons. The van der Waals surface area contributed by atoms with Crippen LogP contribution >= 0.6 is 0 Å². The molecule has 4 nitrogen and oxygen atoms in total. The van der Waals surface area contributed by atoms with Gasteiger partial charge in [0.05, 0.1) is 0 Å². The maximum atomic E-state index is 11.8. The van der Waals surface area contributed by atoms with Gasteiger partial charge in [-0.3, -0.25) is 4.79 Å². The Hall–Kier alpha value is -2.10. The quantitative estimate of drug-likeness (QED) is 0.851. The minimum Gasteiger partial charge on any atom is -0.345 e. The van der Waals surface area contributed by atoms with E-state index in [1.165, 1.54) is 5.56 Å². The summed E-state index contributed by atoms with van der Waals surface area (Å²) >= 11 is 0. The van der Waals surface area contributed by atoms with Gasteiger partial charge in [-0.2, -0.15) is 0 Å². The summed E-state index contributed by atoms with van der Waals surface area (Å²) in [4.78, 5) is 21.1. The Labute approximate surface area is 112 Å². The number of hydrogen-bond acceptors (Lipinski definition) is 2. The summed E-state index contributed by atoms with van der Waals surface area (Å²) < 4.78 is 0. The molecule has 1 amide bonds. The van der Waals surface area contributed by atoms with Crippen LogP contribution in [0.5, 0.6) is 0 Å². The van der Waals surface area contributed by atoms with Gasteiger partial charge in [-0.05, 0) is 43.5 Å². The topological polar surface area (TPSA) is 49.0 Å². The zero-order chi connectivity index (χ0) is 13.4. The number of fused-ring (bicyclic) bond motifs is 1. The number of nitrogens with zero attached hydrogens (tertiary/aromatic N) is 2. The molecule has 1 N–H and O–H groups in total. The lowest BCUT2D eigenvalue weighted by molar-refractivity contribution is -0.117. The smallest absolute Gasteiger partial charge is 0.224 e. The van der Waals surface area contributed by atoms with E-state index < -0.39 is 0 Å². The molecule has 2 heterocycles. The van der Waals surface area contributed by atoms with E-state index in [9.17, 15) is 4.79 Å². The molecular weight excluding hydrogens is 238 g/mol. The number of carbonyl (C=O) groups is 1. The first-order valence-electron chi connectivity index (χ1n) is 6.59. The fourth-order valence-corrected chi connectivity index (χ4v) is 2.80. The van der Waals surface area contributed by atoms with Crippen molar-refractivity contribution in [3.8, 4) is 11.4 Å². The molecule has 3 rings (SSSR count). The molecule has 2 aromatic rings. The molecule has 0 unspecified atom stereocenters. The van der Waals surface area contributed by atoms with Crippen LogP contribution in [0.15, 0.2) is 30.6 Å². The zero-order valence-electron chi connectivity index (χ0n) is 11.2. The summed E-state index contributed by atoms with van der Waals surface area (Å²) in [6.45, 7) is 3.73. The van der Waals surface area contributed by atoms with E-state index in [1.54, 1.807) is 13.1 Å². The van der Waals surface area contributed by atoms with Crippen LogP contribution in [0.4, 0.5) is 5.69 Å².